The number of hydrogen-bond acceptors (Lipinski definition) is 6. The van der Waals surface area contributed by atoms with Crippen LogP contribution >= 0.6 is 11.6 Å². The van der Waals surface area contributed by atoms with Crippen LogP contribution in [0.15, 0.2) is 30.3 Å². The number of carboxylic acids is 1. The molecule has 32 heavy (non-hydrogen) atoms. The molecule has 8 nitrogen and oxygen atoms in total. The minimum Gasteiger partial charge on any atom is -0.481 e. The lowest BCUT2D eigenvalue weighted by atomic mass is 9.87. The molecule has 0 bridgehead atoms. The maximum Gasteiger partial charge on any atom is 0.306 e. The maximum atomic E-state index is 11.1. The Balaban J connectivity index is 1.32. The zero-order chi connectivity index (χ0) is 22.1. The number of imidazole rings is 1. The molecule has 0 atom stereocenters. The average molecular weight is 457 g/mol. The zero-order valence-electron chi connectivity index (χ0n) is 17.6. The number of nitrogens with one attached hydrogen (secondary N) is 1. The van der Waals surface area contributed by atoms with Crippen LogP contribution in [0.2, 0.25) is 5.02 Å². The van der Waals surface area contributed by atoms with Gasteiger partial charge in [-0.2, -0.15) is 4.98 Å². The van der Waals surface area contributed by atoms with Crippen LogP contribution in [0.4, 0.5) is 5.69 Å². The molecule has 0 unspecified atom stereocenters. The number of fused-ring (bicyclic) bond motifs is 1. The fraction of sp³-hybridized carbons (Fsp3) is 0.435. The van der Waals surface area contributed by atoms with Gasteiger partial charge in [0.05, 0.1) is 35.4 Å². The van der Waals surface area contributed by atoms with E-state index in [4.69, 9.17) is 26.2 Å². The van der Waals surface area contributed by atoms with Crippen molar-refractivity contribution in [3.8, 4) is 17.3 Å². The molecule has 1 aliphatic heterocycles. The standard InChI is InChI=1S/C23H25ClN4O4/c24-18-13-19-21(27-23(25-19)32-17-7-3-15(4-8-17)22(29)30)26-20(18)14-1-5-16(6-2-14)28-9-11-31-12-10-28/h1-2,5-6,13,15,17H,3-4,7-12H2,(H,29,30)(H,25,26,27)/t15-,17-. The van der Waals surface area contributed by atoms with Crippen molar-refractivity contribution in [2.24, 2.45) is 5.92 Å². The summed E-state index contributed by atoms with van der Waals surface area (Å²) in [5, 5.41) is 9.69. The summed E-state index contributed by atoms with van der Waals surface area (Å²) in [7, 11) is 0. The van der Waals surface area contributed by atoms with E-state index in [0.717, 1.165) is 37.6 Å². The molecule has 3 aromatic rings. The Morgan fingerprint density at radius 3 is 2.53 bits per heavy atom. The molecule has 2 fully saturated rings. The number of anilines is 1. The monoisotopic (exact) mass is 456 g/mol. The van der Waals surface area contributed by atoms with Crippen molar-refractivity contribution in [1.82, 2.24) is 15.0 Å². The van der Waals surface area contributed by atoms with Gasteiger partial charge in [0.1, 0.15) is 6.10 Å². The van der Waals surface area contributed by atoms with Gasteiger partial charge in [0.25, 0.3) is 6.01 Å². The topological polar surface area (TPSA) is 101 Å². The predicted molar refractivity (Wildman–Crippen MR) is 121 cm³/mol. The summed E-state index contributed by atoms with van der Waals surface area (Å²) in [6, 6.07) is 10.4. The van der Waals surface area contributed by atoms with Crippen molar-refractivity contribution in [2.45, 2.75) is 31.8 Å². The average Bonchev–Trinajstić information content (AvgIpc) is 3.20. The van der Waals surface area contributed by atoms with E-state index in [1.54, 1.807) is 0 Å². The molecule has 2 N–H and O–H groups in total. The molecular weight excluding hydrogens is 432 g/mol. The number of rotatable bonds is 5. The Hall–Kier alpha value is -2.84. The van der Waals surface area contributed by atoms with E-state index >= 15 is 0 Å². The maximum absolute atomic E-state index is 11.1. The van der Waals surface area contributed by atoms with Crippen LogP contribution in [-0.4, -0.2) is 58.4 Å². The fourth-order valence-corrected chi connectivity index (χ4v) is 4.65. The molecule has 2 aliphatic rings. The molecule has 5 rings (SSSR count). The second kappa shape index (κ2) is 8.96. The number of aromatic nitrogens is 3. The second-order valence-corrected chi connectivity index (χ2v) is 8.72. The number of morpholine rings is 1. The number of benzene rings is 1. The molecular formula is C23H25ClN4O4. The van der Waals surface area contributed by atoms with Crippen LogP contribution in [0.25, 0.3) is 22.4 Å². The molecule has 0 amide bonds. The predicted octanol–water partition coefficient (Wildman–Crippen LogP) is 4.14. The van der Waals surface area contributed by atoms with Gasteiger partial charge in [0, 0.05) is 24.3 Å². The first-order valence-corrected chi connectivity index (χ1v) is 11.3. The normalized spacial score (nSPS) is 21.6. The summed E-state index contributed by atoms with van der Waals surface area (Å²) in [5.41, 5.74) is 4.00. The number of aromatic amines is 1. The van der Waals surface area contributed by atoms with Gasteiger partial charge in [-0.1, -0.05) is 23.7 Å². The van der Waals surface area contributed by atoms with Crippen LogP contribution in [0.1, 0.15) is 25.7 Å². The minimum atomic E-state index is -0.725. The number of carbonyl (C=O) groups is 1. The van der Waals surface area contributed by atoms with E-state index in [9.17, 15) is 4.79 Å². The third-order valence-electron chi connectivity index (χ3n) is 6.22. The van der Waals surface area contributed by atoms with Gasteiger partial charge >= 0.3 is 5.97 Å². The van der Waals surface area contributed by atoms with Crippen molar-refractivity contribution < 1.29 is 19.4 Å². The molecule has 1 saturated carbocycles. The van der Waals surface area contributed by atoms with Crippen molar-refractivity contribution in [3.63, 3.8) is 0 Å². The SMILES string of the molecule is O=C(O)[C@H]1CC[C@H](Oc2nc3nc(-c4ccc(N5CCOCC5)cc4)c(Cl)cc3[nH]2)CC1. The first kappa shape index (κ1) is 21.0. The Labute approximate surface area is 190 Å². The highest BCUT2D eigenvalue weighted by Gasteiger charge is 2.27. The molecule has 168 valence electrons. The summed E-state index contributed by atoms with van der Waals surface area (Å²) in [5.74, 6) is -1.00. The summed E-state index contributed by atoms with van der Waals surface area (Å²) >= 11 is 6.54. The lowest BCUT2D eigenvalue weighted by Crippen LogP contribution is -2.36. The number of nitrogens with zero attached hydrogens (tertiary/aromatic N) is 3. The van der Waals surface area contributed by atoms with Crippen LogP contribution in [0.3, 0.4) is 0 Å². The fourth-order valence-electron chi connectivity index (χ4n) is 4.39. The number of hydrogen-bond donors (Lipinski definition) is 2. The molecule has 1 saturated heterocycles. The van der Waals surface area contributed by atoms with Crippen molar-refractivity contribution >= 4 is 34.4 Å². The van der Waals surface area contributed by atoms with Gasteiger partial charge < -0.3 is 24.5 Å². The van der Waals surface area contributed by atoms with Gasteiger partial charge in [-0.25, -0.2) is 4.98 Å². The third kappa shape index (κ3) is 4.38. The van der Waals surface area contributed by atoms with E-state index in [-0.39, 0.29) is 12.0 Å². The molecule has 0 radical (unpaired) electrons. The highest BCUT2D eigenvalue weighted by atomic mass is 35.5. The molecule has 1 aromatic carbocycles. The highest BCUT2D eigenvalue weighted by molar-refractivity contribution is 6.33. The van der Waals surface area contributed by atoms with Crippen LogP contribution in [-0.2, 0) is 9.53 Å². The Bertz CT molecular complexity index is 1100. The lowest BCUT2D eigenvalue weighted by Gasteiger charge is -2.28. The second-order valence-electron chi connectivity index (χ2n) is 8.31. The zero-order valence-corrected chi connectivity index (χ0v) is 18.3. The Morgan fingerprint density at radius 1 is 1.12 bits per heavy atom. The number of aliphatic carboxylic acids is 1. The smallest absolute Gasteiger partial charge is 0.306 e. The molecule has 9 heteroatoms. The quantitative estimate of drug-likeness (QED) is 0.595. The Morgan fingerprint density at radius 2 is 1.84 bits per heavy atom. The summed E-state index contributed by atoms with van der Waals surface area (Å²) in [4.78, 5) is 25.7. The third-order valence-corrected chi connectivity index (χ3v) is 6.51. The lowest BCUT2D eigenvalue weighted by molar-refractivity contribution is -0.143. The van der Waals surface area contributed by atoms with E-state index in [2.05, 4.69) is 32.0 Å². The van der Waals surface area contributed by atoms with Gasteiger partial charge in [-0.3, -0.25) is 4.79 Å². The Kier molecular flexibility index (Phi) is 5.89. The number of pyridine rings is 1. The minimum absolute atomic E-state index is 0.0474. The summed E-state index contributed by atoms with van der Waals surface area (Å²) in [6.07, 6.45) is 2.59. The number of halogens is 1. The molecule has 1 aliphatic carbocycles. The number of carboxylic acid groups (broad SMARTS) is 1. The van der Waals surface area contributed by atoms with Crippen molar-refractivity contribution in [2.75, 3.05) is 31.2 Å². The summed E-state index contributed by atoms with van der Waals surface area (Å²) in [6.45, 7) is 3.27. The number of ether oxygens (including phenoxy) is 2. The van der Waals surface area contributed by atoms with Crippen LogP contribution in [0, 0.1) is 5.92 Å². The first-order valence-electron chi connectivity index (χ1n) is 11.0. The van der Waals surface area contributed by atoms with Gasteiger partial charge in [-0.05, 0) is 43.9 Å². The van der Waals surface area contributed by atoms with E-state index < -0.39 is 5.97 Å². The van der Waals surface area contributed by atoms with E-state index in [0.29, 0.717) is 53.6 Å². The van der Waals surface area contributed by atoms with Crippen molar-refractivity contribution in [1.29, 1.82) is 0 Å². The van der Waals surface area contributed by atoms with Gasteiger partial charge in [0.2, 0.25) is 0 Å². The molecule has 0 spiro atoms. The number of H-pyrrole nitrogens is 1. The molecule has 2 aromatic heterocycles. The first-order chi connectivity index (χ1) is 15.6. The van der Waals surface area contributed by atoms with E-state index in [1.165, 1.54) is 0 Å². The highest BCUT2D eigenvalue weighted by Crippen LogP contribution is 2.32. The van der Waals surface area contributed by atoms with Gasteiger partial charge in [0.15, 0.2) is 5.65 Å². The van der Waals surface area contributed by atoms with Gasteiger partial charge in [-0.15, -0.1) is 0 Å². The van der Waals surface area contributed by atoms with Crippen molar-refractivity contribution in [3.05, 3.63) is 35.4 Å². The van der Waals surface area contributed by atoms with Crippen LogP contribution in [0.5, 0.6) is 6.01 Å². The summed E-state index contributed by atoms with van der Waals surface area (Å²) < 4.78 is 11.4. The van der Waals surface area contributed by atoms with E-state index in [1.807, 2.05) is 18.2 Å². The molecule has 3 heterocycles. The largest absolute Gasteiger partial charge is 0.481 e. The van der Waals surface area contributed by atoms with Crippen LogP contribution < -0.4 is 9.64 Å².